The Balaban J connectivity index is 1.34. The second-order valence-electron chi connectivity index (χ2n) is 11.7. The van der Waals surface area contributed by atoms with Gasteiger partial charge in [-0.25, -0.2) is 4.98 Å². The summed E-state index contributed by atoms with van der Waals surface area (Å²) >= 11 is 0. The first-order valence-corrected chi connectivity index (χ1v) is 13.1. The molecule has 0 amide bonds. The molecule has 3 heteroatoms. The highest BCUT2D eigenvalue weighted by atomic mass is 16.5. The van der Waals surface area contributed by atoms with Gasteiger partial charge in [-0.2, -0.15) is 0 Å². The Morgan fingerprint density at radius 1 is 0.794 bits per heavy atom. The molecule has 4 atom stereocenters. The monoisotopic (exact) mass is 444 g/mol. The van der Waals surface area contributed by atoms with Gasteiger partial charge in [0.2, 0.25) is 0 Å². The van der Waals surface area contributed by atoms with Gasteiger partial charge in [0.1, 0.15) is 23.7 Å². The molecule has 10 rings (SSSR count). The van der Waals surface area contributed by atoms with Crippen molar-refractivity contribution in [2.45, 2.75) is 63.0 Å². The van der Waals surface area contributed by atoms with Crippen LogP contribution < -0.4 is 4.74 Å². The van der Waals surface area contributed by atoms with Gasteiger partial charge in [-0.1, -0.05) is 42.0 Å². The van der Waals surface area contributed by atoms with Crippen molar-refractivity contribution >= 4 is 11.0 Å². The number of hydrogen-bond donors (Lipinski definition) is 0. The van der Waals surface area contributed by atoms with Crippen molar-refractivity contribution in [2.75, 3.05) is 0 Å². The molecular formula is C31H28N2O. The molecule has 0 spiro atoms. The SMILES string of the molecule is Cc1ccc2c(c1)C1C(O2)c2ccccc2-c2nc3cc4c(cc3n21)C1CC2CC(CC4C2)C1. The quantitative estimate of drug-likeness (QED) is 0.282. The second kappa shape index (κ2) is 6.13. The molecule has 2 saturated carbocycles. The highest BCUT2D eigenvalue weighted by Gasteiger charge is 2.45. The van der Waals surface area contributed by atoms with Crippen LogP contribution in [0, 0.1) is 18.8 Å². The van der Waals surface area contributed by atoms with Gasteiger partial charge in [0.05, 0.1) is 11.0 Å². The third-order valence-electron chi connectivity index (χ3n) is 9.72. The number of fused-ring (bicyclic) bond motifs is 10. The lowest BCUT2D eigenvalue weighted by Crippen LogP contribution is -2.25. The Kier molecular flexibility index (Phi) is 3.30. The van der Waals surface area contributed by atoms with Crippen molar-refractivity contribution in [3.63, 3.8) is 0 Å². The number of hydrogen-bond acceptors (Lipinski definition) is 2. The maximum Gasteiger partial charge on any atom is 0.149 e. The van der Waals surface area contributed by atoms with Gasteiger partial charge in [0.25, 0.3) is 0 Å². The van der Waals surface area contributed by atoms with Crippen molar-refractivity contribution in [3.8, 4) is 17.1 Å². The van der Waals surface area contributed by atoms with E-state index in [1.54, 1.807) is 11.1 Å². The number of aryl methyl sites for hydroxylation is 1. The van der Waals surface area contributed by atoms with E-state index in [9.17, 15) is 0 Å². The lowest BCUT2D eigenvalue weighted by Gasteiger charge is -2.38. The summed E-state index contributed by atoms with van der Waals surface area (Å²) in [5.74, 6) is 5.49. The Hall–Kier alpha value is -3.07. The Bertz CT molecular complexity index is 1520. The molecule has 0 radical (unpaired) electrons. The molecule has 3 heterocycles. The van der Waals surface area contributed by atoms with Crippen LogP contribution >= 0.6 is 0 Å². The lowest BCUT2D eigenvalue weighted by molar-refractivity contribution is 0.166. The number of nitrogens with zero attached hydrogens (tertiary/aromatic N) is 2. The maximum absolute atomic E-state index is 6.64. The second-order valence-corrected chi connectivity index (χ2v) is 11.7. The number of aromatic nitrogens is 2. The first kappa shape index (κ1) is 18.3. The van der Waals surface area contributed by atoms with Crippen LogP contribution in [0.5, 0.6) is 5.75 Å². The van der Waals surface area contributed by atoms with Crippen LogP contribution in [0.1, 0.15) is 83.9 Å². The molecule has 3 nitrogen and oxygen atoms in total. The van der Waals surface area contributed by atoms with Gasteiger partial charge in [-0.15, -0.1) is 0 Å². The molecule has 4 aromatic rings. The summed E-state index contributed by atoms with van der Waals surface area (Å²) in [6, 6.07) is 20.6. The normalized spacial score (nSPS) is 31.3. The van der Waals surface area contributed by atoms with Crippen molar-refractivity contribution in [2.24, 2.45) is 11.8 Å². The molecule has 0 saturated heterocycles. The van der Waals surface area contributed by atoms with E-state index < -0.39 is 0 Å². The standard InChI is InChI=1S/C31H28N2O/c1-16-6-7-28-25(8-16)29-30(34-28)21-4-2-3-5-22(21)31-32-26-14-23-19-10-17-9-18(11-19)13-20(12-17)24(23)15-27(26)33(29)31/h2-8,14-15,17-20,29-30H,9-13H2,1H3. The van der Waals surface area contributed by atoms with E-state index in [1.165, 1.54) is 65.4 Å². The molecule has 2 fully saturated rings. The number of imidazole rings is 1. The Morgan fingerprint density at radius 3 is 2.38 bits per heavy atom. The number of ether oxygens (including phenoxy) is 1. The lowest BCUT2D eigenvalue weighted by atomic mass is 9.67. The van der Waals surface area contributed by atoms with E-state index in [1.807, 2.05) is 0 Å². The zero-order chi connectivity index (χ0) is 22.1. The summed E-state index contributed by atoms with van der Waals surface area (Å²) in [6.45, 7) is 2.18. The summed E-state index contributed by atoms with van der Waals surface area (Å²) in [5.41, 5.74) is 10.8. The van der Waals surface area contributed by atoms with Crippen molar-refractivity contribution in [3.05, 3.63) is 82.4 Å². The summed E-state index contributed by atoms with van der Waals surface area (Å²) in [7, 11) is 0. The van der Waals surface area contributed by atoms with Crippen molar-refractivity contribution < 1.29 is 4.74 Å². The van der Waals surface area contributed by atoms with Gasteiger partial charge in [0.15, 0.2) is 0 Å². The fraction of sp³-hybridized carbons (Fsp3) is 0.387. The molecule has 1 aromatic heterocycles. The first-order chi connectivity index (χ1) is 16.7. The van der Waals surface area contributed by atoms with Crippen LogP contribution in [0.25, 0.3) is 22.4 Å². The fourth-order valence-corrected chi connectivity index (χ4v) is 8.54. The first-order valence-electron chi connectivity index (χ1n) is 13.1. The van der Waals surface area contributed by atoms with E-state index in [4.69, 9.17) is 9.72 Å². The number of rotatable bonds is 0. The minimum atomic E-state index is 0.00332. The zero-order valence-electron chi connectivity index (χ0n) is 19.5. The predicted molar refractivity (Wildman–Crippen MR) is 133 cm³/mol. The van der Waals surface area contributed by atoms with Gasteiger partial charge in [-0.05, 0) is 92.0 Å². The van der Waals surface area contributed by atoms with Crippen LogP contribution in [0.2, 0.25) is 0 Å². The van der Waals surface area contributed by atoms with Gasteiger partial charge >= 0.3 is 0 Å². The molecule has 168 valence electrons. The molecule has 2 aliphatic heterocycles. The molecular weight excluding hydrogens is 416 g/mol. The fourth-order valence-electron chi connectivity index (χ4n) is 8.54. The molecule has 0 N–H and O–H groups in total. The Morgan fingerprint density at radius 2 is 1.56 bits per heavy atom. The highest BCUT2D eigenvalue weighted by molar-refractivity contribution is 5.85. The van der Waals surface area contributed by atoms with Gasteiger partial charge in [0, 0.05) is 16.7 Å². The average molecular weight is 445 g/mol. The van der Waals surface area contributed by atoms with Gasteiger partial charge < -0.3 is 9.30 Å². The van der Waals surface area contributed by atoms with E-state index in [0.717, 1.165) is 35.2 Å². The molecule has 6 aliphatic rings. The molecule has 4 aliphatic carbocycles. The topological polar surface area (TPSA) is 27.1 Å². The smallest absolute Gasteiger partial charge is 0.149 e. The van der Waals surface area contributed by atoms with E-state index in [0.29, 0.717) is 0 Å². The van der Waals surface area contributed by atoms with Crippen LogP contribution in [-0.2, 0) is 0 Å². The van der Waals surface area contributed by atoms with Crippen LogP contribution in [0.3, 0.4) is 0 Å². The third-order valence-corrected chi connectivity index (χ3v) is 9.72. The summed E-state index contributed by atoms with van der Waals surface area (Å²) in [4.78, 5) is 5.34. The van der Waals surface area contributed by atoms with Crippen LogP contribution in [0.15, 0.2) is 54.6 Å². The maximum atomic E-state index is 6.64. The third kappa shape index (κ3) is 2.22. The van der Waals surface area contributed by atoms with Crippen LogP contribution in [0.4, 0.5) is 0 Å². The molecule has 3 aromatic carbocycles. The van der Waals surface area contributed by atoms with E-state index in [-0.39, 0.29) is 12.1 Å². The Labute approximate surface area is 199 Å². The summed E-state index contributed by atoms with van der Waals surface area (Å²) < 4.78 is 9.17. The largest absolute Gasteiger partial charge is 0.483 e. The minimum absolute atomic E-state index is 0.00332. The zero-order valence-corrected chi connectivity index (χ0v) is 19.5. The van der Waals surface area contributed by atoms with Gasteiger partial charge in [-0.3, -0.25) is 0 Å². The highest BCUT2D eigenvalue weighted by Crippen LogP contribution is 2.58. The molecule has 4 unspecified atom stereocenters. The number of benzene rings is 3. The van der Waals surface area contributed by atoms with Crippen molar-refractivity contribution in [1.29, 1.82) is 0 Å². The summed E-state index contributed by atoms with van der Waals surface area (Å²) in [6.07, 6.45) is 7.06. The van der Waals surface area contributed by atoms with E-state index >= 15 is 0 Å². The molecule has 34 heavy (non-hydrogen) atoms. The average Bonchev–Trinajstić information content (AvgIpc) is 3.35. The van der Waals surface area contributed by atoms with E-state index in [2.05, 4.69) is 66.1 Å². The van der Waals surface area contributed by atoms with Crippen LogP contribution in [-0.4, -0.2) is 9.55 Å². The summed E-state index contributed by atoms with van der Waals surface area (Å²) in [5, 5.41) is 0. The van der Waals surface area contributed by atoms with Crippen molar-refractivity contribution in [1.82, 2.24) is 9.55 Å². The minimum Gasteiger partial charge on any atom is -0.483 e. The predicted octanol–water partition coefficient (Wildman–Crippen LogP) is 7.44. The molecule has 4 bridgehead atoms.